The minimum atomic E-state index is -0.111. The highest BCUT2D eigenvalue weighted by Gasteiger charge is 2.43. The normalized spacial score (nSPS) is 29.5. The summed E-state index contributed by atoms with van der Waals surface area (Å²) in [5.41, 5.74) is 0.846. The lowest BCUT2D eigenvalue weighted by atomic mass is 9.76. The van der Waals surface area contributed by atoms with Gasteiger partial charge in [-0.15, -0.1) is 0 Å². The number of amides is 1. The Morgan fingerprint density at radius 2 is 1.83 bits per heavy atom. The number of likely N-dealkylation sites (N-methyl/N-ethyl adjacent to an activating group) is 1. The van der Waals surface area contributed by atoms with Crippen LogP contribution in [0.3, 0.4) is 0 Å². The van der Waals surface area contributed by atoms with Gasteiger partial charge < -0.3 is 24.7 Å². The third-order valence-corrected chi connectivity index (χ3v) is 7.29. The molecule has 2 heterocycles. The molecule has 1 atom stereocenters. The zero-order valence-electron chi connectivity index (χ0n) is 17.4. The summed E-state index contributed by atoms with van der Waals surface area (Å²) in [6.45, 7) is 3.30. The Morgan fingerprint density at radius 1 is 1.17 bits per heavy atom. The summed E-state index contributed by atoms with van der Waals surface area (Å²) in [5, 5.41) is 19.1. The van der Waals surface area contributed by atoms with E-state index in [2.05, 4.69) is 11.9 Å². The first-order valence-corrected chi connectivity index (χ1v) is 11.0. The number of aromatic hydroxyl groups is 1. The molecule has 1 spiro atoms. The van der Waals surface area contributed by atoms with Crippen LogP contribution in [-0.4, -0.2) is 77.5 Å². The summed E-state index contributed by atoms with van der Waals surface area (Å²) in [4.78, 5) is 17.1. The highest BCUT2D eigenvalue weighted by atomic mass is 16.5. The van der Waals surface area contributed by atoms with Crippen LogP contribution in [0.2, 0.25) is 0 Å². The number of carbonyl (C=O) groups excluding carboxylic acids is 1. The second-order valence-corrected chi connectivity index (χ2v) is 9.38. The lowest BCUT2D eigenvalue weighted by Gasteiger charge is -2.39. The molecule has 3 fully saturated rings. The molecule has 1 saturated carbocycles. The van der Waals surface area contributed by atoms with Crippen molar-refractivity contribution in [1.29, 1.82) is 0 Å². The Morgan fingerprint density at radius 3 is 2.48 bits per heavy atom. The Labute approximate surface area is 173 Å². The predicted octanol–water partition coefficient (Wildman–Crippen LogP) is 2.64. The quantitative estimate of drug-likeness (QED) is 0.810. The molecule has 6 nitrogen and oxygen atoms in total. The number of piperidine rings is 1. The number of likely N-dealkylation sites (tertiary alicyclic amines) is 1. The monoisotopic (exact) mass is 402 g/mol. The van der Waals surface area contributed by atoms with E-state index in [1.807, 2.05) is 4.90 Å². The van der Waals surface area contributed by atoms with E-state index >= 15 is 0 Å². The van der Waals surface area contributed by atoms with E-state index in [0.29, 0.717) is 11.6 Å². The van der Waals surface area contributed by atoms with Gasteiger partial charge in [0.1, 0.15) is 5.75 Å². The Bertz CT molecular complexity index is 691. The number of rotatable bonds is 4. The molecule has 1 aromatic carbocycles. The minimum absolute atomic E-state index is 0.0505. The molecule has 0 radical (unpaired) electrons. The summed E-state index contributed by atoms with van der Waals surface area (Å²) in [5.74, 6) is 0.234. The number of hydrogen-bond donors (Lipinski definition) is 2. The number of aliphatic hydroxyl groups is 1. The van der Waals surface area contributed by atoms with Crippen LogP contribution in [0.1, 0.15) is 55.3 Å². The molecule has 3 aliphatic rings. The molecule has 160 valence electrons. The largest absolute Gasteiger partial charge is 0.508 e. The number of carbonyl (C=O) groups is 1. The van der Waals surface area contributed by atoms with Gasteiger partial charge in [-0.25, -0.2) is 0 Å². The van der Waals surface area contributed by atoms with E-state index in [-0.39, 0.29) is 29.3 Å². The van der Waals surface area contributed by atoms with Crippen LogP contribution in [0.5, 0.6) is 5.75 Å². The number of aliphatic hydroxyl groups excluding tert-OH is 1. The van der Waals surface area contributed by atoms with Gasteiger partial charge in [0, 0.05) is 31.2 Å². The molecule has 1 aliphatic carbocycles. The molecule has 0 aromatic heterocycles. The fourth-order valence-electron chi connectivity index (χ4n) is 5.30. The molecule has 29 heavy (non-hydrogen) atoms. The molecule has 2 saturated heterocycles. The van der Waals surface area contributed by atoms with Gasteiger partial charge in [0.2, 0.25) is 0 Å². The zero-order valence-corrected chi connectivity index (χ0v) is 17.4. The Kier molecular flexibility index (Phi) is 6.13. The highest BCUT2D eigenvalue weighted by molar-refractivity contribution is 5.94. The van der Waals surface area contributed by atoms with Crippen molar-refractivity contribution < 1.29 is 19.7 Å². The van der Waals surface area contributed by atoms with Gasteiger partial charge in [-0.1, -0.05) is 0 Å². The minimum Gasteiger partial charge on any atom is -0.508 e. The summed E-state index contributed by atoms with van der Waals surface area (Å²) in [6, 6.07) is 7.08. The van der Waals surface area contributed by atoms with Crippen LogP contribution in [0, 0.1) is 5.41 Å². The molecule has 2 aliphatic heterocycles. The summed E-state index contributed by atoms with van der Waals surface area (Å²) >= 11 is 0. The summed E-state index contributed by atoms with van der Waals surface area (Å²) in [6.07, 6.45) is 7.19. The Hall–Kier alpha value is -1.63. The van der Waals surface area contributed by atoms with Gasteiger partial charge in [0.25, 0.3) is 5.91 Å². The first kappa shape index (κ1) is 20.6. The van der Waals surface area contributed by atoms with Crippen molar-refractivity contribution in [3.63, 3.8) is 0 Å². The van der Waals surface area contributed by atoms with E-state index in [1.165, 1.54) is 0 Å². The van der Waals surface area contributed by atoms with Crippen LogP contribution in [0.25, 0.3) is 0 Å². The first-order valence-electron chi connectivity index (χ1n) is 11.0. The van der Waals surface area contributed by atoms with Crippen LogP contribution in [0.4, 0.5) is 0 Å². The third kappa shape index (κ3) is 4.76. The summed E-state index contributed by atoms with van der Waals surface area (Å²) < 4.78 is 6.20. The number of ether oxygens (including phenoxy) is 1. The number of phenolic OH excluding ortho intramolecular Hbond substituents is 1. The molecular formula is C23H34N2O4. The van der Waals surface area contributed by atoms with Crippen LogP contribution >= 0.6 is 0 Å². The molecule has 0 bridgehead atoms. The lowest BCUT2D eigenvalue weighted by molar-refractivity contribution is 0.0336. The van der Waals surface area contributed by atoms with E-state index in [0.717, 1.165) is 71.2 Å². The van der Waals surface area contributed by atoms with Gasteiger partial charge in [-0.3, -0.25) is 4.79 Å². The van der Waals surface area contributed by atoms with Crippen molar-refractivity contribution in [3.05, 3.63) is 29.8 Å². The van der Waals surface area contributed by atoms with Crippen molar-refractivity contribution in [2.45, 2.75) is 63.2 Å². The zero-order chi connectivity index (χ0) is 20.4. The van der Waals surface area contributed by atoms with Crippen LogP contribution in [-0.2, 0) is 4.74 Å². The number of nitrogens with zero attached hydrogens (tertiary/aromatic N) is 2. The maximum atomic E-state index is 12.7. The lowest BCUT2D eigenvalue weighted by Crippen LogP contribution is -2.44. The van der Waals surface area contributed by atoms with Crippen molar-refractivity contribution in [1.82, 2.24) is 9.80 Å². The van der Waals surface area contributed by atoms with Gasteiger partial charge >= 0.3 is 0 Å². The van der Waals surface area contributed by atoms with Crippen LogP contribution < -0.4 is 0 Å². The first-order chi connectivity index (χ1) is 13.9. The fourth-order valence-corrected chi connectivity index (χ4v) is 5.30. The molecule has 1 amide bonds. The number of phenols is 1. The van der Waals surface area contributed by atoms with E-state index < -0.39 is 0 Å². The number of hydrogen-bond acceptors (Lipinski definition) is 5. The third-order valence-electron chi connectivity index (χ3n) is 7.29. The van der Waals surface area contributed by atoms with E-state index in [4.69, 9.17) is 4.74 Å². The topological polar surface area (TPSA) is 73.2 Å². The maximum Gasteiger partial charge on any atom is 0.253 e. The smallest absolute Gasteiger partial charge is 0.253 e. The predicted molar refractivity (Wildman–Crippen MR) is 111 cm³/mol. The van der Waals surface area contributed by atoms with Gasteiger partial charge in [-0.2, -0.15) is 0 Å². The summed E-state index contributed by atoms with van der Waals surface area (Å²) in [7, 11) is 2.19. The van der Waals surface area contributed by atoms with Gasteiger partial charge in [0.15, 0.2) is 0 Å². The standard InChI is InChI=1S/C23H34N2O4/c1-24(18-4-8-20(27)9-5-18)15-21-14-23(16-29-21)10-12-25(13-11-23)22(28)17-2-6-19(26)7-3-17/h2-3,6-7,18,20-21,26-27H,4-5,8-16H2,1H3. The molecule has 4 rings (SSSR count). The molecule has 1 aromatic rings. The van der Waals surface area contributed by atoms with Crippen molar-refractivity contribution >= 4 is 5.91 Å². The van der Waals surface area contributed by atoms with Crippen LogP contribution in [0.15, 0.2) is 24.3 Å². The van der Waals surface area contributed by atoms with Gasteiger partial charge in [-0.05, 0) is 81.7 Å². The number of benzene rings is 1. The van der Waals surface area contributed by atoms with Crippen molar-refractivity contribution in [2.75, 3.05) is 33.3 Å². The average molecular weight is 403 g/mol. The maximum absolute atomic E-state index is 12.7. The van der Waals surface area contributed by atoms with Gasteiger partial charge in [0.05, 0.1) is 18.8 Å². The second kappa shape index (κ2) is 8.62. The molecular weight excluding hydrogens is 368 g/mol. The average Bonchev–Trinajstić information content (AvgIpc) is 3.11. The molecule has 2 N–H and O–H groups in total. The van der Waals surface area contributed by atoms with E-state index in [1.54, 1.807) is 24.3 Å². The second-order valence-electron chi connectivity index (χ2n) is 9.38. The van der Waals surface area contributed by atoms with Crippen molar-refractivity contribution in [3.8, 4) is 5.75 Å². The molecule has 1 unspecified atom stereocenters. The SMILES string of the molecule is CN(CC1CC2(CCN(C(=O)c3ccc(O)cc3)CC2)CO1)C1CCC(O)CC1. The highest BCUT2D eigenvalue weighted by Crippen LogP contribution is 2.42. The van der Waals surface area contributed by atoms with Crippen molar-refractivity contribution in [2.24, 2.45) is 5.41 Å². The fraction of sp³-hybridized carbons (Fsp3) is 0.696. The van der Waals surface area contributed by atoms with E-state index in [9.17, 15) is 15.0 Å². The Balaban J connectivity index is 1.26. The molecule has 6 heteroatoms.